The van der Waals surface area contributed by atoms with Gasteiger partial charge in [-0.05, 0) is 107 Å². The van der Waals surface area contributed by atoms with E-state index in [0.29, 0.717) is 27.2 Å². The van der Waals surface area contributed by atoms with E-state index >= 15 is 0 Å². The lowest BCUT2D eigenvalue weighted by Crippen LogP contribution is -2.73. The molecule has 0 N–H and O–H groups in total. The minimum Gasteiger partial charge on any atom is -0.382 e. The molecule has 0 aromatic carbocycles. The molecule has 2 nitrogen and oxygen atoms in total. The van der Waals surface area contributed by atoms with Gasteiger partial charge < -0.3 is 4.74 Å². The maximum Gasteiger partial charge on any atom is 0.0652 e. The van der Waals surface area contributed by atoms with Crippen LogP contribution >= 0.6 is 0 Å². The molecule has 2 heterocycles. The summed E-state index contributed by atoms with van der Waals surface area (Å²) in [6.45, 7) is 13.4. The molecule has 196 valence electrons. The minimum absolute atomic E-state index is 0.125. The van der Waals surface area contributed by atoms with Crippen molar-refractivity contribution >= 4 is 0 Å². The summed E-state index contributed by atoms with van der Waals surface area (Å²) in [4.78, 5) is 3.12. The van der Waals surface area contributed by atoms with Gasteiger partial charge in [-0.3, -0.25) is 4.90 Å². The van der Waals surface area contributed by atoms with E-state index in [1.54, 1.807) is 5.57 Å². The van der Waals surface area contributed by atoms with Crippen molar-refractivity contribution in [3.05, 3.63) is 35.5 Å². The van der Waals surface area contributed by atoms with Gasteiger partial charge in [0.25, 0.3) is 0 Å². The lowest BCUT2D eigenvalue weighted by Gasteiger charge is -2.74. The van der Waals surface area contributed by atoms with Gasteiger partial charge in [-0.1, -0.05) is 62.1 Å². The third-order valence-electron chi connectivity index (χ3n) is 14.7. The molecule has 2 aliphatic heterocycles. The molecule has 0 radical (unpaired) electrons. The highest BCUT2D eigenvalue weighted by Gasteiger charge is 2.87. The van der Waals surface area contributed by atoms with Gasteiger partial charge in [0, 0.05) is 36.1 Å². The van der Waals surface area contributed by atoms with Crippen molar-refractivity contribution in [1.29, 1.82) is 0 Å². The van der Waals surface area contributed by atoms with Crippen molar-refractivity contribution < 1.29 is 4.74 Å². The zero-order valence-corrected chi connectivity index (χ0v) is 23.5. The molecule has 8 aliphatic rings. The van der Waals surface area contributed by atoms with E-state index in [0.717, 1.165) is 31.0 Å². The molecule has 10 unspecified atom stereocenters. The van der Waals surface area contributed by atoms with Gasteiger partial charge in [0.1, 0.15) is 0 Å². The van der Waals surface area contributed by atoms with Crippen LogP contribution in [0.15, 0.2) is 35.5 Å². The zero-order valence-electron chi connectivity index (χ0n) is 23.5. The second kappa shape index (κ2) is 7.01. The largest absolute Gasteiger partial charge is 0.382 e. The topological polar surface area (TPSA) is 12.2 Å². The van der Waals surface area contributed by atoms with E-state index < -0.39 is 0 Å². The van der Waals surface area contributed by atoms with Crippen molar-refractivity contribution in [2.24, 2.45) is 39.4 Å². The zero-order chi connectivity index (χ0) is 24.6. The van der Waals surface area contributed by atoms with Gasteiger partial charge >= 0.3 is 0 Å². The molecule has 8 rings (SSSR count). The van der Waals surface area contributed by atoms with Gasteiger partial charge in [-0.15, -0.1) is 0 Å². The first-order valence-corrected chi connectivity index (χ1v) is 15.8. The number of allylic oxidation sites excluding steroid dienone is 3. The highest BCUT2D eigenvalue weighted by atomic mass is 16.5. The molecular weight excluding hydrogens is 438 g/mol. The van der Waals surface area contributed by atoms with Crippen molar-refractivity contribution in [2.45, 2.75) is 116 Å². The van der Waals surface area contributed by atoms with Crippen LogP contribution in [0.2, 0.25) is 0 Å². The van der Waals surface area contributed by atoms with Gasteiger partial charge in [0.2, 0.25) is 0 Å². The van der Waals surface area contributed by atoms with Crippen LogP contribution in [0.4, 0.5) is 0 Å². The van der Waals surface area contributed by atoms with Crippen molar-refractivity contribution in [2.75, 3.05) is 19.8 Å². The van der Waals surface area contributed by atoms with E-state index in [1.165, 1.54) is 83.6 Å². The summed E-state index contributed by atoms with van der Waals surface area (Å²) in [7, 11) is 0. The first-order chi connectivity index (χ1) is 17.4. The first-order valence-electron chi connectivity index (χ1n) is 15.8. The average Bonchev–Trinajstić information content (AvgIpc) is 3.08. The van der Waals surface area contributed by atoms with Crippen molar-refractivity contribution in [1.82, 2.24) is 4.90 Å². The van der Waals surface area contributed by atoms with Crippen LogP contribution in [0, 0.1) is 39.4 Å². The molecule has 4 spiro atoms. The van der Waals surface area contributed by atoms with E-state index in [2.05, 4.69) is 56.9 Å². The second-order valence-corrected chi connectivity index (χ2v) is 15.0. The van der Waals surface area contributed by atoms with Gasteiger partial charge in [-0.2, -0.15) is 0 Å². The first kappa shape index (κ1) is 23.1. The van der Waals surface area contributed by atoms with Crippen LogP contribution in [-0.2, 0) is 4.74 Å². The van der Waals surface area contributed by atoms with Crippen LogP contribution in [0.1, 0.15) is 105 Å². The standard InChI is InChI=1S/C34H49NO/c1-5-36-20-13-26-9-6-15-30(26)21-25(3)33-19-11-24(2)28(33)22-34(30)29(33,4)14-8-17-32(34)18-12-27-10-7-16-31(27)23-35(31)32/h8,12,17-18,25-27H,5-7,9-11,13-16,19-23H2,1-4H3. The van der Waals surface area contributed by atoms with Crippen LogP contribution < -0.4 is 0 Å². The van der Waals surface area contributed by atoms with Crippen molar-refractivity contribution in [3.63, 3.8) is 0 Å². The van der Waals surface area contributed by atoms with Crippen LogP contribution in [0.3, 0.4) is 0 Å². The maximum atomic E-state index is 6.06. The van der Waals surface area contributed by atoms with Gasteiger partial charge in [-0.25, -0.2) is 0 Å². The normalized spacial score (nSPS) is 57.4. The van der Waals surface area contributed by atoms with Crippen molar-refractivity contribution in [3.8, 4) is 0 Å². The lowest BCUT2D eigenvalue weighted by atomic mass is 9.31. The molecule has 4 saturated carbocycles. The highest BCUT2D eigenvalue weighted by Crippen LogP contribution is 2.90. The summed E-state index contributed by atoms with van der Waals surface area (Å²) in [5, 5.41) is 0. The molecule has 0 amide bonds. The minimum atomic E-state index is 0.125. The average molecular weight is 488 g/mol. The Balaban J connectivity index is 1.39. The number of hydrogen-bond donors (Lipinski definition) is 0. The quantitative estimate of drug-likeness (QED) is 0.227. The number of hydrogen-bond acceptors (Lipinski definition) is 2. The Hall–Kier alpha value is -0.860. The fourth-order valence-electron chi connectivity index (χ4n) is 13.8. The molecule has 2 bridgehead atoms. The predicted molar refractivity (Wildman–Crippen MR) is 147 cm³/mol. The highest BCUT2D eigenvalue weighted by molar-refractivity contribution is 5.54. The smallest absolute Gasteiger partial charge is 0.0652 e. The molecule has 1 saturated heterocycles. The Morgan fingerprint density at radius 3 is 2.83 bits per heavy atom. The number of fused-ring (bicyclic) bond motifs is 1. The van der Waals surface area contributed by atoms with E-state index in [-0.39, 0.29) is 5.54 Å². The molecule has 6 aliphatic carbocycles. The fourth-order valence-corrected chi connectivity index (χ4v) is 13.8. The van der Waals surface area contributed by atoms with Crippen LogP contribution in [0.5, 0.6) is 0 Å². The lowest BCUT2D eigenvalue weighted by molar-refractivity contribution is -0.231. The van der Waals surface area contributed by atoms with Crippen LogP contribution in [-0.4, -0.2) is 35.7 Å². The second-order valence-electron chi connectivity index (χ2n) is 15.0. The van der Waals surface area contributed by atoms with E-state index in [4.69, 9.17) is 4.74 Å². The fraction of sp³-hybridized carbons (Fsp3) is 0.824. The monoisotopic (exact) mass is 487 g/mol. The summed E-state index contributed by atoms with van der Waals surface area (Å²) in [6.07, 6.45) is 27.9. The summed E-state index contributed by atoms with van der Waals surface area (Å²) in [6, 6.07) is 0. The number of ether oxygens (including phenoxy) is 1. The molecular formula is C34H49NO. The third-order valence-corrected chi connectivity index (χ3v) is 14.7. The molecule has 10 atom stereocenters. The Kier molecular flexibility index (Phi) is 4.49. The molecule has 5 fully saturated rings. The summed E-state index contributed by atoms with van der Waals surface area (Å²) >= 11 is 0. The third kappa shape index (κ3) is 2.12. The Bertz CT molecular complexity index is 1090. The predicted octanol–water partition coefficient (Wildman–Crippen LogP) is 7.86. The van der Waals surface area contributed by atoms with E-state index in [9.17, 15) is 0 Å². The molecule has 0 aromatic rings. The molecule has 0 aromatic heterocycles. The Morgan fingerprint density at radius 2 is 1.97 bits per heavy atom. The summed E-state index contributed by atoms with van der Waals surface area (Å²) in [5.74, 6) is 2.43. The van der Waals surface area contributed by atoms with E-state index in [1.807, 2.05) is 5.57 Å². The Labute approximate surface area is 220 Å². The molecule has 36 heavy (non-hydrogen) atoms. The summed E-state index contributed by atoms with van der Waals surface area (Å²) in [5.41, 5.74) is 5.89. The maximum absolute atomic E-state index is 6.06. The van der Waals surface area contributed by atoms with Gasteiger partial charge in [0.15, 0.2) is 0 Å². The number of rotatable bonds is 4. The molecule has 2 heteroatoms. The Morgan fingerprint density at radius 1 is 1.11 bits per heavy atom. The SMILES string of the molecule is CCOCCC1CCCC12CC(C)C13CCC(C)=C1CC21C2(C=CCC31C)C=CC1CCCC13CN32. The summed E-state index contributed by atoms with van der Waals surface area (Å²) < 4.78 is 6.06. The van der Waals surface area contributed by atoms with Gasteiger partial charge in [0.05, 0.1) is 5.54 Å². The number of nitrogens with zero attached hydrogens (tertiary/aromatic N) is 1. The van der Waals surface area contributed by atoms with Crippen LogP contribution in [0.25, 0.3) is 0 Å².